The van der Waals surface area contributed by atoms with Gasteiger partial charge in [-0.2, -0.15) is 0 Å². The maximum absolute atomic E-state index is 12.4. The Morgan fingerprint density at radius 2 is 2.00 bits per heavy atom. The van der Waals surface area contributed by atoms with Crippen LogP contribution in [0.5, 0.6) is 11.5 Å². The zero-order valence-corrected chi connectivity index (χ0v) is 19.9. The van der Waals surface area contributed by atoms with Crippen molar-refractivity contribution in [3.8, 4) is 11.5 Å². The summed E-state index contributed by atoms with van der Waals surface area (Å²) in [5, 5.41) is 14.3. The van der Waals surface area contributed by atoms with E-state index in [0.717, 1.165) is 18.4 Å². The minimum atomic E-state index is -3.39. The van der Waals surface area contributed by atoms with E-state index in [9.17, 15) is 18.3 Å². The molecule has 0 radical (unpaired) electrons. The lowest BCUT2D eigenvalue weighted by Crippen LogP contribution is -2.32. The summed E-state index contributed by atoms with van der Waals surface area (Å²) in [6.07, 6.45) is 1.88. The van der Waals surface area contributed by atoms with Crippen molar-refractivity contribution in [2.75, 3.05) is 31.0 Å². The highest BCUT2D eigenvalue weighted by Crippen LogP contribution is 2.44. The van der Waals surface area contributed by atoms with Gasteiger partial charge in [-0.05, 0) is 49.1 Å². The number of methoxy groups -OCH3 is 1. The predicted molar refractivity (Wildman–Crippen MR) is 125 cm³/mol. The number of amides is 1. The molecule has 0 spiro atoms. The highest BCUT2D eigenvalue weighted by Gasteiger charge is 2.39. The number of benzene rings is 2. The molecule has 2 aromatic rings. The number of aliphatic hydroxyl groups excluding tert-OH is 1. The van der Waals surface area contributed by atoms with Gasteiger partial charge in [0, 0.05) is 30.0 Å². The van der Waals surface area contributed by atoms with Crippen LogP contribution in [0.1, 0.15) is 48.7 Å². The number of nitrogens with zero attached hydrogens (tertiary/aromatic N) is 1. The average molecular weight is 475 g/mol. The van der Waals surface area contributed by atoms with Crippen molar-refractivity contribution < 1.29 is 27.8 Å². The minimum absolute atomic E-state index is 0.0322. The third-order valence-electron chi connectivity index (χ3n) is 6.06. The number of fused-ring (bicyclic) bond motifs is 1. The Hall–Kier alpha value is -2.62. The maximum Gasteiger partial charge on any atom is 0.227 e. The van der Waals surface area contributed by atoms with Gasteiger partial charge < -0.3 is 19.9 Å². The number of carbonyl (C=O) groups is 1. The second-order valence-electron chi connectivity index (χ2n) is 8.64. The van der Waals surface area contributed by atoms with Gasteiger partial charge in [0.2, 0.25) is 5.91 Å². The zero-order valence-electron chi connectivity index (χ0n) is 19.1. The van der Waals surface area contributed by atoms with Crippen LogP contribution >= 0.6 is 0 Å². The van der Waals surface area contributed by atoms with Gasteiger partial charge in [0.25, 0.3) is 0 Å². The first-order chi connectivity index (χ1) is 15.7. The molecule has 178 valence electrons. The monoisotopic (exact) mass is 474 g/mol. The predicted octanol–water partition coefficient (Wildman–Crippen LogP) is 3.03. The highest BCUT2D eigenvalue weighted by molar-refractivity contribution is 7.90. The second-order valence-corrected chi connectivity index (χ2v) is 10.8. The van der Waals surface area contributed by atoms with Crippen molar-refractivity contribution in [1.29, 1.82) is 0 Å². The van der Waals surface area contributed by atoms with Crippen molar-refractivity contribution >= 4 is 21.4 Å². The van der Waals surface area contributed by atoms with E-state index in [-0.39, 0.29) is 17.6 Å². The molecule has 0 bridgehead atoms. The van der Waals surface area contributed by atoms with Crippen LogP contribution in [0.4, 0.5) is 5.69 Å². The van der Waals surface area contributed by atoms with Crippen molar-refractivity contribution in [3.63, 3.8) is 0 Å². The third kappa shape index (κ3) is 5.15. The van der Waals surface area contributed by atoms with Gasteiger partial charge in [-0.15, -0.1) is 0 Å². The van der Waals surface area contributed by atoms with Crippen LogP contribution in [-0.4, -0.2) is 50.1 Å². The number of hydrogen-bond donors (Lipinski definition) is 2. The molecule has 1 fully saturated rings. The molecule has 0 saturated heterocycles. The molecule has 2 unspecified atom stereocenters. The van der Waals surface area contributed by atoms with Gasteiger partial charge in [0.05, 0.1) is 25.5 Å². The lowest BCUT2D eigenvalue weighted by Gasteiger charge is -2.31. The first-order valence-corrected chi connectivity index (χ1v) is 13.1. The summed E-state index contributed by atoms with van der Waals surface area (Å²) in [7, 11) is -1.84. The molecule has 2 aliphatic rings. The van der Waals surface area contributed by atoms with E-state index in [1.165, 1.54) is 6.26 Å². The number of hydrogen-bond acceptors (Lipinski definition) is 7. The first kappa shape index (κ1) is 23.5. The number of rotatable bonds is 9. The molecule has 2 aromatic carbocycles. The van der Waals surface area contributed by atoms with Gasteiger partial charge in [-0.25, -0.2) is 8.42 Å². The van der Waals surface area contributed by atoms with E-state index in [1.807, 2.05) is 19.1 Å². The Morgan fingerprint density at radius 3 is 2.64 bits per heavy atom. The topological polar surface area (TPSA) is 105 Å². The molecule has 2 N–H and O–H groups in total. The number of carbonyl (C=O) groups excluding carboxylic acids is 1. The maximum atomic E-state index is 12.4. The molecule has 1 aliphatic carbocycles. The lowest BCUT2D eigenvalue weighted by molar-refractivity contribution is -0.117. The Balaban J connectivity index is 1.69. The van der Waals surface area contributed by atoms with Crippen LogP contribution in [0.25, 0.3) is 0 Å². The Bertz CT molecular complexity index is 1150. The van der Waals surface area contributed by atoms with Crippen molar-refractivity contribution in [1.82, 2.24) is 4.90 Å². The molecular formula is C24H30N2O6S. The van der Waals surface area contributed by atoms with Gasteiger partial charge >= 0.3 is 0 Å². The molecule has 9 heteroatoms. The molecule has 1 saturated carbocycles. The summed E-state index contributed by atoms with van der Waals surface area (Å²) in [5.41, 5.74) is 2.74. The fourth-order valence-corrected chi connectivity index (χ4v) is 5.27. The molecule has 8 nitrogen and oxygen atoms in total. The number of ether oxygens (including phenoxy) is 2. The van der Waals surface area contributed by atoms with Crippen LogP contribution in [0.15, 0.2) is 36.4 Å². The quantitative estimate of drug-likeness (QED) is 0.576. The Kier molecular flexibility index (Phi) is 6.65. The van der Waals surface area contributed by atoms with Gasteiger partial charge in [-0.1, -0.05) is 18.2 Å². The number of nitrogens with one attached hydrogen (secondary N) is 1. The molecular weight excluding hydrogens is 444 g/mol. The highest BCUT2D eigenvalue weighted by atomic mass is 32.2. The van der Waals surface area contributed by atoms with Crippen LogP contribution in [0.2, 0.25) is 0 Å². The zero-order chi connectivity index (χ0) is 23.8. The summed E-state index contributed by atoms with van der Waals surface area (Å²) in [6, 6.07) is 10.2. The van der Waals surface area contributed by atoms with Gasteiger partial charge in [0.1, 0.15) is 16.1 Å². The summed E-state index contributed by atoms with van der Waals surface area (Å²) < 4.78 is 35.8. The first-order valence-electron chi connectivity index (χ1n) is 11.1. The summed E-state index contributed by atoms with van der Waals surface area (Å²) >= 11 is 0. The lowest BCUT2D eigenvalue weighted by atomic mass is 10.1. The van der Waals surface area contributed by atoms with E-state index >= 15 is 0 Å². The standard InChI is InChI=1S/C24H30N2O6S/c1-4-32-21-12-16(10-11-20(21)31-2)19(14-33(3,29)30)26-13-17-6-5-7-18(22(17)24(26)28)25-23(27)15-8-9-15/h5-7,10-12,15,19,24,28H,4,8-9,13-14H2,1-3H3,(H,25,27). The van der Waals surface area contributed by atoms with Crippen molar-refractivity contribution in [2.24, 2.45) is 5.92 Å². The smallest absolute Gasteiger partial charge is 0.227 e. The second kappa shape index (κ2) is 9.32. The molecule has 33 heavy (non-hydrogen) atoms. The summed E-state index contributed by atoms with van der Waals surface area (Å²) in [6.45, 7) is 2.64. The van der Waals surface area contributed by atoms with Crippen LogP contribution < -0.4 is 14.8 Å². The third-order valence-corrected chi connectivity index (χ3v) is 6.98. The molecule has 2 atom stereocenters. The van der Waals surface area contributed by atoms with Crippen molar-refractivity contribution in [3.05, 3.63) is 53.1 Å². The Morgan fingerprint density at radius 1 is 1.24 bits per heavy atom. The number of aliphatic hydroxyl groups is 1. The van der Waals surface area contributed by atoms with Gasteiger partial charge in [0.15, 0.2) is 11.5 Å². The van der Waals surface area contributed by atoms with E-state index in [0.29, 0.717) is 41.5 Å². The molecule has 0 aromatic heterocycles. The van der Waals surface area contributed by atoms with Crippen LogP contribution in [0.3, 0.4) is 0 Å². The van der Waals surface area contributed by atoms with E-state index < -0.39 is 22.1 Å². The summed E-state index contributed by atoms with van der Waals surface area (Å²) in [5.74, 6) is 0.872. The fourth-order valence-electron chi connectivity index (χ4n) is 4.31. The molecule has 1 amide bonds. The summed E-state index contributed by atoms with van der Waals surface area (Å²) in [4.78, 5) is 14.1. The largest absolute Gasteiger partial charge is 0.493 e. The van der Waals surface area contributed by atoms with Gasteiger partial charge in [-0.3, -0.25) is 9.69 Å². The van der Waals surface area contributed by atoms with Crippen LogP contribution in [-0.2, 0) is 21.2 Å². The normalized spacial score (nSPS) is 19.1. The number of anilines is 1. The SMILES string of the molecule is CCOc1cc(C(CS(C)(=O)=O)N2Cc3cccc(NC(=O)C4CC4)c3C2O)ccc1OC. The van der Waals surface area contributed by atoms with Crippen molar-refractivity contribution in [2.45, 2.75) is 38.6 Å². The van der Waals surface area contributed by atoms with E-state index in [4.69, 9.17) is 9.47 Å². The van der Waals surface area contributed by atoms with E-state index in [1.54, 1.807) is 36.3 Å². The Labute approximate surface area is 194 Å². The number of sulfone groups is 1. The molecule has 1 heterocycles. The minimum Gasteiger partial charge on any atom is -0.493 e. The average Bonchev–Trinajstić information content (AvgIpc) is 3.56. The van der Waals surface area contributed by atoms with Crippen LogP contribution in [0, 0.1) is 5.92 Å². The molecule has 1 aliphatic heterocycles. The molecule has 4 rings (SSSR count). The van der Waals surface area contributed by atoms with E-state index in [2.05, 4.69) is 5.32 Å². The fraction of sp³-hybridized carbons (Fsp3) is 0.458.